The van der Waals surface area contributed by atoms with Gasteiger partial charge in [-0.1, -0.05) is 24.3 Å². The van der Waals surface area contributed by atoms with Crippen molar-refractivity contribution in [1.29, 1.82) is 0 Å². The van der Waals surface area contributed by atoms with E-state index in [4.69, 9.17) is 4.74 Å². The summed E-state index contributed by atoms with van der Waals surface area (Å²) in [6.07, 6.45) is 3.56. The minimum absolute atomic E-state index is 0.00506. The molecule has 8 nitrogen and oxygen atoms in total. The normalized spacial score (nSPS) is 11.1. The van der Waals surface area contributed by atoms with E-state index in [0.717, 1.165) is 5.56 Å². The van der Waals surface area contributed by atoms with E-state index in [0.29, 0.717) is 35.8 Å². The predicted octanol–water partition coefficient (Wildman–Crippen LogP) is 4.63. The molecule has 0 spiro atoms. The van der Waals surface area contributed by atoms with Crippen molar-refractivity contribution in [3.63, 3.8) is 0 Å². The number of aromatic nitrogens is 2. The Morgan fingerprint density at radius 3 is 2.54 bits per heavy atom. The second-order valence-electron chi connectivity index (χ2n) is 8.05. The molecule has 1 aromatic heterocycles. The maximum atomic E-state index is 13.0. The molecule has 0 unspecified atom stereocenters. The zero-order valence-electron chi connectivity index (χ0n) is 19.4. The van der Waals surface area contributed by atoms with Gasteiger partial charge in [-0.15, -0.1) is 0 Å². The highest BCUT2D eigenvalue weighted by Gasteiger charge is 2.19. The van der Waals surface area contributed by atoms with Gasteiger partial charge in [0.2, 0.25) is 0 Å². The highest BCUT2D eigenvalue weighted by atomic mass is 32.2. The van der Waals surface area contributed by atoms with Crippen LogP contribution in [-0.2, 0) is 16.6 Å². The maximum Gasteiger partial charge on any atom is 0.261 e. The Bertz CT molecular complexity index is 1430. The zero-order valence-corrected chi connectivity index (χ0v) is 20.2. The minimum atomic E-state index is -3.87. The van der Waals surface area contributed by atoms with Crippen molar-refractivity contribution >= 4 is 27.3 Å². The zero-order chi connectivity index (χ0) is 24.8. The van der Waals surface area contributed by atoms with E-state index in [1.54, 1.807) is 66.3 Å². The van der Waals surface area contributed by atoms with Crippen LogP contribution in [0.2, 0.25) is 0 Å². The molecule has 0 atom stereocenters. The second-order valence-corrected chi connectivity index (χ2v) is 9.73. The summed E-state index contributed by atoms with van der Waals surface area (Å²) in [6.45, 7) is 4.66. The molecule has 4 rings (SSSR count). The Morgan fingerprint density at radius 1 is 0.971 bits per heavy atom. The Morgan fingerprint density at radius 2 is 1.77 bits per heavy atom. The molecular formula is C26H26N4O4S. The van der Waals surface area contributed by atoms with Crippen LogP contribution in [-0.4, -0.2) is 30.7 Å². The third kappa shape index (κ3) is 6.27. The van der Waals surface area contributed by atoms with E-state index in [1.807, 2.05) is 25.3 Å². The molecule has 0 aliphatic heterocycles. The number of benzene rings is 3. The van der Waals surface area contributed by atoms with Gasteiger partial charge >= 0.3 is 0 Å². The smallest absolute Gasteiger partial charge is 0.261 e. The molecule has 9 heteroatoms. The number of nitrogens with one attached hydrogen (secondary N) is 2. The molecule has 0 saturated heterocycles. The number of hydrogen-bond donors (Lipinski definition) is 2. The average molecular weight is 491 g/mol. The van der Waals surface area contributed by atoms with Crippen molar-refractivity contribution < 1.29 is 17.9 Å². The van der Waals surface area contributed by atoms with Gasteiger partial charge < -0.3 is 10.1 Å². The van der Waals surface area contributed by atoms with Gasteiger partial charge in [0.05, 0.1) is 11.4 Å². The number of carbonyl (C=O) groups is 1. The molecule has 0 aliphatic rings. The Labute approximate surface area is 204 Å². The Kier molecular flexibility index (Phi) is 7.17. The van der Waals surface area contributed by atoms with Crippen molar-refractivity contribution in [2.45, 2.75) is 25.3 Å². The van der Waals surface area contributed by atoms with Crippen LogP contribution >= 0.6 is 0 Å². The highest BCUT2D eigenvalue weighted by Crippen LogP contribution is 2.22. The van der Waals surface area contributed by atoms with Crippen LogP contribution < -0.4 is 14.8 Å². The molecule has 1 amide bonds. The number of aryl methyl sites for hydroxylation is 2. The van der Waals surface area contributed by atoms with Crippen LogP contribution in [0, 0.1) is 13.8 Å². The second kappa shape index (κ2) is 10.4. The Balaban J connectivity index is 1.46. The summed E-state index contributed by atoms with van der Waals surface area (Å²) in [7, 11) is -3.87. The van der Waals surface area contributed by atoms with Crippen LogP contribution in [0.5, 0.6) is 5.75 Å². The van der Waals surface area contributed by atoms with Crippen LogP contribution in [0.4, 0.5) is 11.4 Å². The third-order valence-electron chi connectivity index (χ3n) is 5.27. The summed E-state index contributed by atoms with van der Waals surface area (Å²) in [5.74, 6) is 0.189. The van der Waals surface area contributed by atoms with E-state index in [9.17, 15) is 13.2 Å². The van der Waals surface area contributed by atoms with E-state index in [2.05, 4.69) is 15.1 Å². The van der Waals surface area contributed by atoms with E-state index in [-0.39, 0.29) is 10.5 Å². The first-order valence-corrected chi connectivity index (χ1v) is 12.5. The number of amides is 1. The molecule has 180 valence electrons. The standard InChI is InChI=1S/C26H26N4O4S/c1-19-6-3-8-22(16-19)29-35(32,33)24-11-10-20(2)25(18-24)26(31)28-21-7-4-9-23(17-21)34-15-14-30-13-5-12-27-30/h3-13,16-18,29H,14-15H2,1-2H3,(H,28,31). The fourth-order valence-corrected chi connectivity index (χ4v) is 4.56. The minimum Gasteiger partial charge on any atom is -0.492 e. The van der Waals surface area contributed by atoms with E-state index in [1.165, 1.54) is 12.1 Å². The first-order chi connectivity index (χ1) is 16.8. The molecule has 0 radical (unpaired) electrons. The number of carbonyl (C=O) groups excluding carboxylic acids is 1. The fraction of sp³-hybridized carbons (Fsp3) is 0.154. The largest absolute Gasteiger partial charge is 0.492 e. The Hall–Kier alpha value is -4.11. The van der Waals surface area contributed by atoms with Crippen molar-refractivity contribution in [2.24, 2.45) is 0 Å². The van der Waals surface area contributed by atoms with Crippen LogP contribution in [0.15, 0.2) is 90.1 Å². The lowest BCUT2D eigenvalue weighted by Crippen LogP contribution is -2.17. The number of rotatable bonds is 9. The number of sulfonamides is 1. The molecule has 35 heavy (non-hydrogen) atoms. The van der Waals surface area contributed by atoms with Crippen LogP contribution in [0.1, 0.15) is 21.5 Å². The summed E-state index contributed by atoms with van der Waals surface area (Å²) in [4.78, 5) is 13.0. The van der Waals surface area contributed by atoms with E-state index >= 15 is 0 Å². The topological polar surface area (TPSA) is 102 Å². The first-order valence-electron chi connectivity index (χ1n) is 11.0. The number of ether oxygens (including phenoxy) is 1. The molecule has 1 heterocycles. The SMILES string of the molecule is Cc1cccc(NS(=O)(=O)c2ccc(C)c(C(=O)Nc3cccc(OCCn4cccn4)c3)c2)c1. The summed E-state index contributed by atoms with van der Waals surface area (Å²) in [5, 5.41) is 6.96. The van der Waals surface area contributed by atoms with Gasteiger partial charge in [0.1, 0.15) is 12.4 Å². The summed E-state index contributed by atoms with van der Waals surface area (Å²) < 4.78 is 35.9. The molecule has 0 saturated carbocycles. The maximum absolute atomic E-state index is 13.0. The van der Waals surface area contributed by atoms with Gasteiger partial charge in [-0.2, -0.15) is 5.10 Å². The van der Waals surface area contributed by atoms with E-state index < -0.39 is 15.9 Å². The number of anilines is 2. The molecule has 0 fully saturated rings. The van der Waals surface area contributed by atoms with Crippen molar-refractivity contribution in [1.82, 2.24) is 9.78 Å². The van der Waals surface area contributed by atoms with Crippen molar-refractivity contribution in [2.75, 3.05) is 16.6 Å². The molecule has 0 bridgehead atoms. The lowest BCUT2D eigenvalue weighted by Gasteiger charge is -2.13. The van der Waals surface area contributed by atoms with Gasteiger partial charge in [0.15, 0.2) is 0 Å². The van der Waals surface area contributed by atoms with Crippen molar-refractivity contribution in [3.8, 4) is 5.75 Å². The van der Waals surface area contributed by atoms with Gasteiger partial charge in [-0.3, -0.25) is 14.2 Å². The summed E-state index contributed by atoms with van der Waals surface area (Å²) in [5.41, 5.74) is 2.85. The quantitative estimate of drug-likeness (QED) is 0.356. The van der Waals surface area contributed by atoms with Gasteiger partial charge in [-0.05, 0) is 67.4 Å². The molecule has 4 aromatic rings. The lowest BCUT2D eigenvalue weighted by molar-refractivity contribution is 0.102. The van der Waals surface area contributed by atoms with Crippen molar-refractivity contribution in [3.05, 3.63) is 102 Å². The predicted molar refractivity (Wildman–Crippen MR) is 135 cm³/mol. The molecule has 2 N–H and O–H groups in total. The first kappa shape index (κ1) is 24.0. The third-order valence-corrected chi connectivity index (χ3v) is 6.65. The number of nitrogens with zero attached hydrogens (tertiary/aromatic N) is 2. The van der Waals surface area contributed by atoms with Gasteiger partial charge in [-0.25, -0.2) is 8.42 Å². The number of hydrogen-bond acceptors (Lipinski definition) is 5. The monoisotopic (exact) mass is 490 g/mol. The molecule has 0 aliphatic carbocycles. The highest BCUT2D eigenvalue weighted by molar-refractivity contribution is 7.92. The lowest BCUT2D eigenvalue weighted by atomic mass is 10.1. The fourth-order valence-electron chi connectivity index (χ4n) is 3.49. The van der Waals surface area contributed by atoms with Crippen LogP contribution in [0.25, 0.3) is 0 Å². The van der Waals surface area contributed by atoms with Crippen LogP contribution in [0.3, 0.4) is 0 Å². The van der Waals surface area contributed by atoms with Gasteiger partial charge in [0.25, 0.3) is 15.9 Å². The molecule has 3 aromatic carbocycles. The average Bonchev–Trinajstić information content (AvgIpc) is 3.33. The summed E-state index contributed by atoms with van der Waals surface area (Å²) >= 11 is 0. The van der Waals surface area contributed by atoms with Gasteiger partial charge in [0, 0.05) is 35.4 Å². The molecular weight excluding hydrogens is 464 g/mol. The summed E-state index contributed by atoms with van der Waals surface area (Å²) in [6, 6.07) is 20.4.